The first-order valence-electron chi connectivity index (χ1n) is 20.4. The Morgan fingerprint density at radius 3 is 2.14 bits per heavy atom. The van der Waals surface area contributed by atoms with Crippen molar-refractivity contribution in [3.05, 3.63) is 221 Å². The van der Waals surface area contributed by atoms with Gasteiger partial charge in [0, 0.05) is 0 Å². The first kappa shape index (κ1) is 35.2. The zero-order chi connectivity index (χ0) is 38.1. The number of hydrogen-bond acceptors (Lipinski definition) is 2. The van der Waals surface area contributed by atoms with Crippen LogP contribution in [0, 0.1) is 5.92 Å². The third-order valence-electron chi connectivity index (χ3n) is 13.9. The van der Waals surface area contributed by atoms with Crippen molar-refractivity contribution in [2.24, 2.45) is 5.92 Å². The van der Waals surface area contributed by atoms with Crippen LogP contribution in [-0.4, -0.2) is 17.2 Å². The molecule has 278 valence electrons. The molecule has 5 aromatic rings. The van der Waals surface area contributed by atoms with Crippen LogP contribution < -0.4 is 10.2 Å². The molecule has 0 saturated carbocycles. The van der Waals surface area contributed by atoms with Gasteiger partial charge in [-0.25, -0.2) is 0 Å². The predicted octanol–water partition coefficient (Wildman–Crippen LogP) is 13.0. The van der Waals surface area contributed by atoms with Gasteiger partial charge in [-0.05, 0) is 0 Å². The van der Waals surface area contributed by atoms with Gasteiger partial charge in [-0.1, -0.05) is 24.3 Å². The molecule has 2 nitrogen and oxygen atoms in total. The Bertz CT molecular complexity index is 2570. The average molecular weight is 748 g/mol. The topological polar surface area (TPSA) is 23.5 Å². The van der Waals surface area contributed by atoms with E-state index in [-0.39, 0.29) is 17.0 Å². The van der Waals surface area contributed by atoms with E-state index in [9.17, 15) is 4.89 Å². The van der Waals surface area contributed by atoms with Crippen molar-refractivity contribution in [3.63, 3.8) is 0 Å². The van der Waals surface area contributed by atoms with Crippen LogP contribution in [0.15, 0.2) is 193 Å². The van der Waals surface area contributed by atoms with Crippen molar-refractivity contribution in [1.29, 1.82) is 0 Å². The molecular formula is C53H50NOP. The third kappa shape index (κ3) is 4.89. The summed E-state index contributed by atoms with van der Waals surface area (Å²) in [6.45, 7) is 3.35. The van der Waals surface area contributed by atoms with Crippen molar-refractivity contribution in [2.45, 2.75) is 56.0 Å². The Labute approximate surface area is 332 Å². The Kier molecular flexibility index (Phi) is 8.09. The fourth-order valence-electron chi connectivity index (χ4n) is 11.0. The van der Waals surface area contributed by atoms with Crippen LogP contribution in [0.2, 0.25) is 0 Å². The van der Waals surface area contributed by atoms with Crippen LogP contribution in [0.5, 0.6) is 0 Å². The number of anilines is 3. The minimum absolute atomic E-state index is 0.0240. The first-order chi connectivity index (χ1) is 27.2. The van der Waals surface area contributed by atoms with Crippen LogP contribution >= 0.6 is 6.83 Å². The molecular weight excluding hydrogens is 698 g/mol. The molecule has 0 aromatic heterocycles. The molecule has 5 aliphatic rings. The van der Waals surface area contributed by atoms with Crippen LogP contribution in [0.1, 0.15) is 67.3 Å². The summed E-state index contributed by atoms with van der Waals surface area (Å²) in [7, 11) is 0. The van der Waals surface area contributed by atoms with Crippen LogP contribution in [-0.2, 0) is 10.8 Å². The Balaban J connectivity index is 1.17. The molecule has 3 atom stereocenters. The SMILES string of the molecule is CC1(C)c2ccccc2N(c2ccccc2)c2ccc([C@]3(C4C=CC(P(C)(O)(c5ccccc5)C5C=CC=CC5)=CC4)C4=C(CCC=C4)c4ccccc43)cc21. The molecule has 1 N–H and O–H groups in total. The Morgan fingerprint density at radius 1 is 0.679 bits per heavy atom. The summed E-state index contributed by atoms with van der Waals surface area (Å²) < 4.78 is 0. The van der Waals surface area contributed by atoms with Crippen molar-refractivity contribution >= 4 is 34.8 Å². The van der Waals surface area contributed by atoms with Crippen molar-refractivity contribution in [3.8, 4) is 0 Å². The molecule has 5 aromatic carbocycles. The van der Waals surface area contributed by atoms with Gasteiger partial charge in [-0.3, -0.25) is 0 Å². The molecule has 1 heterocycles. The second kappa shape index (κ2) is 12.9. The summed E-state index contributed by atoms with van der Waals surface area (Å²) in [5.41, 5.74) is 12.8. The van der Waals surface area contributed by atoms with Crippen LogP contribution in [0.4, 0.5) is 17.1 Å². The van der Waals surface area contributed by atoms with Gasteiger partial charge < -0.3 is 0 Å². The van der Waals surface area contributed by atoms with E-state index in [0.717, 1.165) is 36.3 Å². The van der Waals surface area contributed by atoms with E-state index in [1.165, 1.54) is 56.0 Å². The van der Waals surface area contributed by atoms with Crippen molar-refractivity contribution < 1.29 is 4.89 Å². The summed E-state index contributed by atoms with van der Waals surface area (Å²) >= 11 is 0. The maximum absolute atomic E-state index is 13.5. The molecule has 0 amide bonds. The van der Waals surface area contributed by atoms with Gasteiger partial charge in [0.15, 0.2) is 0 Å². The molecule has 2 unspecified atom stereocenters. The fraction of sp³-hybridized carbons (Fsp3) is 0.208. The molecule has 56 heavy (non-hydrogen) atoms. The van der Waals surface area contributed by atoms with Crippen molar-refractivity contribution in [2.75, 3.05) is 11.6 Å². The Morgan fingerprint density at radius 2 is 1.39 bits per heavy atom. The average Bonchev–Trinajstić information content (AvgIpc) is 3.56. The molecule has 1 aliphatic heterocycles. The zero-order valence-electron chi connectivity index (χ0n) is 32.6. The number of benzene rings is 5. The van der Waals surface area contributed by atoms with Gasteiger partial charge >= 0.3 is 310 Å². The van der Waals surface area contributed by atoms with Gasteiger partial charge in [-0.15, -0.1) is 0 Å². The van der Waals surface area contributed by atoms with E-state index >= 15 is 0 Å². The number of rotatable bonds is 6. The third-order valence-corrected chi connectivity index (χ3v) is 19.2. The van der Waals surface area contributed by atoms with E-state index in [1.807, 2.05) is 0 Å². The number of allylic oxidation sites excluding steroid dienone is 12. The van der Waals surface area contributed by atoms with E-state index in [1.54, 1.807) is 0 Å². The standard InChI is InChI=1S/C53H50NOP/c1-52(2)48-29-17-18-30-50(48)54(40-19-7-4-8-20-40)51-36-33-39(37-49(51)52)53(46-27-15-13-25-44(46)45-26-14-16-28-47(45)53)38-31-34-43(35-32-38)56(3,55,41-21-9-5-10-22-41)42-23-11-6-12-24-42/h4-13,15-23,25,27-31,33-38,42,55H,14,24,26,32H2,1-3H3/t38?,42?,53-/m0/s1. The van der Waals surface area contributed by atoms with E-state index < -0.39 is 12.2 Å². The fourth-order valence-corrected chi connectivity index (χ4v) is 15.2. The number of para-hydroxylation sites is 2. The van der Waals surface area contributed by atoms with Gasteiger partial charge in [-0.2, -0.15) is 0 Å². The van der Waals surface area contributed by atoms with Gasteiger partial charge in [0.1, 0.15) is 0 Å². The molecule has 0 fully saturated rings. The summed E-state index contributed by atoms with van der Waals surface area (Å²) in [5, 5.41) is 2.15. The van der Waals surface area contributed by atoms with Gasteiger partial charge in [0.2, 0.25) is 0 Å². The zero-order valence-corrected chi connectivity index (χ0v) is 33.5. The second-order valence-corrected chi connectivity index (χ2v) is 22.0. The van der Waals surface area contributed by atoms with Crippen LogP contribution in [0.3, 0.4) is 0 Å². The Hall–Kier alpha value is -5.27. The molecule has 0 spiro atoms. The summed E-state index contributed by atoms with van der Waals surface area (Å²) in [6.07, 6.45) is 24.5. The van der Waals surface area contributed by atoms with Crippen molar-refractivity contribution in [1.82, 2.24) is 0 Å². The first-order valence-corrected chi connectivity index (χ1v) is 23.1. The van der Waals surface area contributed by atoms with E-state index in [0.29, 0.717) is 0 Å². The molecule has 3 heteroatoms. The summed E-state index contributed by atoms with van der Waals surface area (Å²) in [5.74, 6) is 0.142. The molecule has 0 radical (unpaired) electrons. The van der Waals surface area contributed by atoms with Crippen LogP contribution in [0.25, 0.3) is 5.57 Å². The van der Waals surface area contributed by atoms with Gasteiger partial charge in [0.25, 0.3) is 0 Å². The molecule has 10 rings (SSSR count). The normalized spacial score (nSPS) is 23.8. The molecule has 0 saturated heterocycles. The molecule has 0 bridgehead atoms. The van der Waals surface area contributed by atoms with E-state index in [4.69, 9.17) is 0 Å². The number of hydrogen-bond donors (Lipinski definition) is 1. The number of nitrogens with zero attached hydrogens (tertiary/aromatic N) is 1. The quantitative estimate of drug-likeness (QED) is 0.175. The second-order valence-electron chi connectivity index (χ2n) is 17.1. The maximum atomic E-state index is 13.5. The summed E-state index contributed by atoms with van der Waals surface area (Å²) in [4.78, 5) is 15.9. The summed E-state index contributed by atoms with van der Waals surface area (Å²) in [6, 6.07) is 46.9. The molecule has 4 aliphatic carbocycles. The monoisotopic (exact) mass is 747 g/mol. The number of fused-ring (bicyclic) bond motifs is 4. The van der Waals surface area contributed by atoms with E-state index in [2.05, 4.69) is 207 Å². The van der Waals surface area contributed by atoms with Gasteiger partial charge in [0.05, 0.1) is 0 Å². The predicted molar refractivity (Wildman–Crippen MR) is 239 cm³/mol. The minimum atomic E-state index is -3.63.